The fourth-order valence-corrected chi connectivity index (χ4v) is 7.64. The maximum Gasteiger partial charge on any atom is 0.178 e. The van der Waals surface area contributed by atoms with Crippen molar-refractivity contribution in [3.05, 3.63) is 198 Å². The fourth-order valence-electron chi connectivity index (χ4n) is 7.64. The van der Waals surface area contributed by atoms with Gasteiger partial charge in [-0.1, -0.05) is 152 Å². The zero-order valence-electron chi connectivity index (χ0n) is 27.4. The summed E-state index contributed by atoms with van der Waals surface area (Å²) >= 11 is 0. The maximum atomic E-state index is 6.94. The van der Waals surface area contributed by atoms with Gasteiger partial charge in [0.1, 0.15) is 0 Å². The molecule has 5 nitrogen and oxygen atoms in total. The molecule has 0 bridgehead atoms. The molecule has 0 amide bonds. The van der Waals surface area contributed by atoms with Crippen LogP contribution in [0.1, 0.15) is 22.3 Å². The van der Waals surface area contributed by atoms with Crippen molar-refractivity contribution in [1.82, 2.24) is 15.0 Å². The van der Waals surface area contributed by atoms with Crippen LogP contribution in [0.15, 0.2) is 176 Å². The lowest BCUT2D eigenvalue weighted by atomic mass is 9.68. The molecular weight excluding hydrogens is 627 g/mol. The summed E-state index contributed by atoms with van der Waals surface area (Å²) in [5.74, 6) is 4.37. The van der Waals surface area contributed by atoms with Gasteiger partial charge in [-0.25, -0.2) is 15.0 Å². The Hall–Kier alpha value is -6.85. The van der Waals surface area contributed by atoms with E-state index in [2.05, 4.69) is 91.0 Å². The smallest absolute Gasteiger partial charge is 0.178 e. The van der Waals surface area contributed by atoms with E-state index in [4.69, 9.17) is 24.4 Å². The van der Waals surface area contributed by atoms with Crippen molar-refractivity contribution in [2.45, 2.75) is 5.41 Å². The summed E-state index contributed by atoms with van der Waals surface area (Å²) in [6, 6.07) is 60.3. The summed E-state index contributed by atoms with van der Waals surface area (Å²) in [7, 11) is 0. The molecule has 0 saturated carbocycles. The first-order chi connectivity index (χ1) is 25.3. The first-order valence-corrected chi connectivity index (χ1v) is 17.0. The number of benzene rings is 7. The highest BCUT2D eigenvalue weighted by molar-refractivity contribution is 5.92. The molecule has 1 aromatic heterocycles. The van der Waals surface area contributed by atoms with Crippen LogP contribution in [0, 0.1) is 0 Å². The van der Waals surface area contributed by atoms with Crippen molar-refractivity contribution in [2.75, 3.05) is 0 Å². The number of aromatic nitrogens is 3. The Balaban J connectivity index is 1.14. The third-order valence-electron chi connectivity index (χ3n) is 9.87. The molecule has 2 aliphatic rings. The summed E-state index contributed by atoms with van der Waals surface area (Å²) in [5.41, 5.74) is 9.00. The van der Waals surface area contributed by atoms with E-state index in [1.807, 2.05) is 84.9 Å². The summed E-state index contributed by atoms with van der Waals surface area (Å²) in [5, 5.41) is 0. The second-order valence-corrected chi connectivity index (χ2v) is 12.7. The quantitative estimate of drug-likeness (QED) is 0.185. The lowest BCUT2D eigenvalue weighted by molar-refractivity contribution is 0.360. The Morgan fingerprint density at radius 3 is 1.49 bits per heavy atom. The Kier molecular flexibility index (Phi) is 6.64. The number of fused-ring (bicyclic) bond motifs is 6. The maximum absolute atomic E-state index is 6.94. The Morgan fingerprint density at radius 2 is 0.882 bits per heavy atom. The van der Waals surface area contributed by atoms with Crippen molar-refractivity contribution in [2.24, 2.45) is 0 Å². The number of nitrogens with zero attached hydrogens (tertiary/aromatic N) is 3. The summed E-state index contributed by atoms with van der Waals surface area (Å²) in [6.07, 6.45) is 0. The molecule has 0 fully saturated rings. The van der Waals surface area contributed by atoms with Crippen molar-refractivity contribution < 1.29 is 9.47 Å². The van der Waals surface area contributed by atoms with Crippen molar-refractivity contribution in [1.29, 1.82) is 0 Å². The highest BCUT2D eigenvalue weighted by Gasteiger charge is 2.48. The molecule has 1 aliphatic heterocycles. The predicted octanol–water partition coefficient (Wildman–Crippen LogP) is 11.1. The van der Waals surface area contributed by atoms with Crippen LogP contribution in [-0.4, -0.2) is 15.0 Å². The molecule has 0 spiro atoms. The molecule has 51 heavy (non-hydrogen) atoms. The Morgan fingerprint density at radius 1 is 0.373 bits per heavy atom. The number of rotatable bonds is 5. The van der Waals surface area contributed by atoms with Gasteiger partial charge < -0.3 is 9.47 Å². The third-order valence-corrected chi connectivity index (χ3v) is 9.87. The van der Waals surface area contributed by atoms with Gasteiger partial charge in [-0.15, -0.1) is 0 Å². The highest BCUT2D eigenvalue weighted by Crippen LogP contribution is 2.62. The Bertz CT molecular complexity index is 2480. The van der Waals surface area contributed by atoms with E-state index < -0.39 is 5.41 Å². The van der Waals surface area contributed by atoms with Gasteiger partial charge in [0.2, 0.25) is 0 Å². The SMILES string of the molecule is c1ccc(-c2nc(-c3ccccc3)nc(-c3ccc4c(c3)Oc3c(ccc5c3-c3ccccc3C5(c3ccccc3)c3ccccc3)O4)n2)cc1. The summed E-state index contributed by atoms with van der Waals surface area (Å²) in [4.78, 5) is 14.8. The summed E-state index contributed by atoms with van der Waals surface area (Å²) in [6.45, 7) is 0. The normalized spacial score (nSPS) is 13.2. The van der Waals surface area contributed by atoms with Crippen molar-refractivity contribution in [3.63, 3.8) is 0 Å². The second-order valence-electron chi connectivity index (χ2n) is 12.7. The van der Waals surface area contributed by atoms with E-state index in [1.54, 1.807) is 0 Å². The zero-order chi connectivity index (χ0) is 33.8. The molecule has 0 saturated heterocycles. The largest absolute Gasteiger partial charge is 0.449 e. The lowest BCUT2D eigenvalue weighted by Gasteiger charge is -2.34. The van der Waals surface area contributed by atoms with Crippen LogP contribution >= 0.6 is 0 Å². The van der Waals surface area contributed by atoms with E-state index >= 15 is 0 Å². The molecular formula is C46H29N3O2. The average molecular weight is 656 g/mol. The van der Waals surface area contributed by atoms with E-state index in [-0.39, 0.29) is 0 Å². The van der Waals surface area contributed by atoms with Crippen LogP contribution in [0.25, 0.3) is 45.3 Å². The van der Waals surface area contributed by atoms with Crippen LogP contribution in [0.2, 0.25) is 0 Å². The minimum Gasteiger partial charge on any atom is -0.449 e. The first kappa shape index (κ1) is 29.1. The molecule has 10 rings (SSSR count). The zero-order valence-corrected chi connectivity index (χ0v) is 27.4. The van der Waals surface area contributed by atoms with Gasteiger partial charge in [0.05, 0.1) is 5.41 Å². The van der Waals surface area contributed by atoms with Gasteiger partial charge in [0.15, 0.2) is 40.5 Å². The van der Waals surface area contributed by atoms with Gasteiger partial charge >= 0.3 is 0 Å². The van der Waals surface area contributed by atoms with Crippen LogP contribution in [0.4, 0.5) is 0 Å². The monoisotopic (exact) mass is 655 g/mol. The van der Waals surface area contributed by atoms with Crippen molar-refractivity contribution >= 4 is 0 Å². The van der Waals surface area contributed by atoms with Crippen LogP contribution < -0.4 is 9.47 Å². The lowest BCUT2D eigenvalue weighted by Crippen LogP contribution is -2.28. The average Bonchev–Trinajstić information content (AvgIpc) is 3.52. The second kappa shape index (κ2) is 11.6. The molecule has 0 radical (unpaired) electrons. The number of hydrogen-bond donors (Lipinski definition) is 0. The molecule has 5 heteroatoms. The number of ether oxygens (including phenoxy) is 2. The Labute approximate surface area is 295 Å². The van der Waals surface area contributed by atoms with Gasteiger partial charge in [0.25, 0.3) is 0 Å². The van der Waals surface area contributed by atoms with E-state index in [1.165, 1.54) is 16.7 Å². The van der Waals surface area contributed by atoms with E-state index in [0.717, 1.165) is 33.4 Å². The topological polar surface area (TPSA) is 57.1 Å². The number of hydrogen-bond acceptors (Lipinski definition) is 5. The molecule has 0 N–H and O–H groups in total. The molecule has 7 aromatic carbocycles. The first-order valence-electron chi connectivity index (χ1n) is 17.0. The fraction of sp³-hybridized carbons (Fsp3) is 0.0217. The van der Waals surface area contributed by atoms with Gasteiger partial charge in [-0.05, 0) is 52.1 Å². The van der Waals surface area contributed by atoms with Crippen LogP contribution in [0.3, 0.4) is 0 Å². The molecule has 2 heterocycles. The minimum absolute atomic E-state index is 0.540. The van der Waals surface area contributed by atoms with Crippen LogP contribution in [0.5, 0.6) is 23.0 Å². The van der Waals surface area contributed by atoms with Gasteiger partial charge in [-0.2, -0.15) is 0 Å². The molecule has 240 valence electrons. The predicted molar refractivity (Wildman–Crippen MR) is 200 cm³/mol. The van der Waals surface area contributed by atoms with Gasteiger partial charge in [-0.3, -0.25) is 0 Å². The van der Waals surface area contributed by atoms with Gasteiger partial charge in [0, 0.05) is 22.3 Å². The van der Waals surface area contributed by atoms with E-state index in [0.29, 0.717) is 40.5 Å². The van der Waals surface area contributed by atoms with Crippen LogP contribution in [-0.2, 0) is 5.41 Å². The minimum atomic E-state index is -0.540. The third kappa shape index (κ3) is 4.59. The molecule has 0 unspecified atom stereocenters. The van der Waals surface area contributed by atoms with E-state index in [9.17, 15) is 0 Å². The summed E-state index contributed by atoms with van der Waals surface area (Å²) < 4.78 is 13.5. The highest BCUT2D eigenvalue weighted by atomic mass is 16.6. The standard InChI is InChI=1S/C46H29N3O2/c1-5-15-30(16-6-1)43-47-44(31-17-7-2-8-18-31)49-45(48-43)32-25-27-38-40(29-32)51-42-39(50-38)28-26-37-41(42)35-23-13-14-24-36(35)46(37,33-19-9-3-10-20-33)34-21-11-4-12-22-34/h1-29H. The molecule has 0 atom stereocenters. The molecule has 8 aromatic rings. The van der Waals surface area contributed by atoms with Crippen molar-refractivity contribution in [3.8, 4) is 68.3 Å². The molecule has 1 aliphatic carbocycles.